The fourth-order valence-corrected chi connectivity index (χ4v) is 6.45. The molecule has 1 N–H and O–H groups in total. The van der Waals surface area contributed by atoms with Gasteiger partial charge in [-0.3, -0.25) is 9.59 Å². The number of fused-ring (bicyclic) bond motifs is 2. The summed E-state index contributed by atoms with van der Waals surface area (Å²) in [7, 11) is -4.15. The summed E-state index contributed by atoms with van der Waals surface area (Å²) < 4.78 is 29.0. The first-order valence-corrected chi connectivity index (χ1v) is 12.3. The average molecular weight is 487 g/mol. The van der Waals surface area contributed by atoms with Crippen molar-refractivity contribution in [1.82, 2.24) is 3.97 Å². The molecule has 0 aliphatic carbocycles. The van der Waals surface area contributed by atoms with E-state index in [4.69, 9.17) is 11.6 Å². The number of carboxylic acid groups (broad SMARTS) is 1. The number of hydrogen-bond donors (Lipinski definition) is 1. The van der Waals surface area contributed by atoms with E-state index in [0.29, 0.717) is 34.5 Å². The lowest BCUT2D eigenvalue weighted by atomic mass is 10.1. The number of carbonyl (C=O) groups excluding carboxylic acids is 1. The fourth-order valence-electron chi connectivity index (χ4n) is 4.36. The molecule has 0 bridgehead atoms. The van der Waals surface area contributed by atoms with E-state index < -0.39 is 27.2 Å². The molecule has 0 fully saturated rings. The van der Waals surface area contributed by atoms with Crippen molar-refractivity contribution in [3.05, 3.63) is 77.0 Å². The first-order chi connectivity index (χ1) is 15.6. The largest absolute Gasteiger partial charge is 0.481 e. The molecule has 1 amide bonds. The highest BCUT2D eigenvalue weighted by Gasteiger charge is 2.34. The Morgan fingerprint density at radius 1 is 1.18 bits per heavy atom. The van der Waals surface area contributed by atoms with Crippen LogP contribution in [-0.4, -0.2) is 35.9 Å². The summed E-state index contributed by atoms with van der Waals surface area (Å²) >= 11 is 6.09. The molecule has 9 heteroatoms. The van der Waals surface area contributed by atoms with Gasteiger partial charge < -0.3 is 10.0 Å². The van der Waals surface area contributed by atoms with Gasteiger partial charge in [0.15, 0.2) is 0 Å². The van der Waals surface area contributed by atoms with Gasteiger partial charge in [-0.25, -0.2) is 12.4 Å². The number of amides is 1. The molecular formula is C24H23ClN2O5S. The maximum atomic E-state index is 13.9. The Hall–Kier alpha value is -3.10. The Balaban J connectivity index is 1.89. The molecule has 33 heavy (non-hydrogen) atoms. The average Bonchev–Trinajstić information content (AvgIpc) is 3.34. The molecule has 1 aromatic heterocycles. The van der Waals surface area contributed by atoms with Crippen LogP contribution >= 0.6 is 11.6 Å². The number of anilines is 1. The van der Waals surface area contributed by atoms with Crippen LogP contribution in [0.25, 0.3) is 10.9 Å². The van der Waals surface area contributed by atoms with Gasteiger partial charge in [0.05, 0.1) is 11.4 Å². The monoisotopic (exact) mass is 486 g/mol. The molecule has 4 rings (SSSR count). The molecule has 7 nitrogen and oxygen atoms in total. The third-order valence-electron chi connectivity index (χ3n) is 6.06. The first-order valence-electron chi connectivity index (χ1n) is 10.4. The highest BCUT2D eigenvalue weighted by atomic mass is 35.5. The predicted molar refractivity (Wildman–Crippen MR) is 128 cm³/mol. The summed E-state index contributed by atoms with van der Waals surface area (Å²) in [5.74, 6) is -2.28. The van der Waals surface area contributed by atoms with Gasteiger partial charge in [-0.1, -0.05) is 29.8 Å². The zero-order valence-corrected chi connectivity index (χ0v) is 19.7. The van der Waals surface area contributed by atoms with Crippen LogP contribution in [-0.2, 0) is 26.0 Å². The van der Waals surface area contributed by atoms with Crippen LogP contribution in [0.5, 0.6) is 0 Å². The molecule has 1 aliphatic rings. The van der Waals surface area contributed by atoms with Crippen LogP contribution in [0.15, 0.2) is 55.1 Å². The van der Waals surface area contributed by atoms with E-state index in [1.807, 2.05) is 0 Å². The molecule has 2 aromatic carbocycles. The standard InChI is InChI=1S/C24H23ClN2O5S/c1-4-23(17-5-7-20-16(11-17)9-10-26(20)15(3)28)33(31,32)27-21-8-6-19(25)12-18(21)13-22(27)14(2)24(29)30/h4-8,11-14,23H,1,9-10H2,2-3H3,(H,29,30). The normalized spacial score (nSPS) is 15.3. The minimum atomic E-state index is -4.15. The molecule has 2 atom stereocenters. The van der Waals surface area contributed by atoms with Gasteiger partial charge in [0.1, 0.15) is 5.25 Å². The number of carboxylic acids is 1. The van der Waals surface area contributed by atoms with Gasteiger partial charge in [0.2, 0.25) is 15.9 Å². The fraction of sp³-hybridized carbons (Fsp3) is 0.250. The van der Waals surface area contributed by atoms with Crippen molar-refractivity contribution in [3.63, 3.8) is 0 Å². The maximum absolute atomic E-state index is 13.9. The van der Waals surface area contributed by atoms with E-state index in [1.54, 1.807) is 47.4 Å². The minimum absolute atomic E-state index is 0.0702. The zero-order chi connectivity index (χ0) is 24.1. The summed E-state index contributed by atoms with van der Waals surface area (Å²) in [6.07, 6.45) is 1.96. The number of carbonyl (C=O) groups is 2. The van der Waals surface area contributed by atoms with Gasteiger partial charge in [-0.05, 0) is 54.8 Å². The second kappa shape index (κ2) is 8.35. The summed E-state index contributed by atoms with van der Waals surface area (Å²) in [4.78, 5) is 25.3. The molecule has 0 saturated carbocycles. The van der Waals surface area contributed by atoms with E-state index in [-0.39, 0.29) is 11.6 Å². The Kier molecular flexibility index (Phi) is 5.84. The van der Waals surface area contributed by atoms with E-state index in [1.165, 1.54) is 19.9 Å². The Morgan fingerprint density at radius 2 is 1.91 bits per heavy atom. The van der Waals surface area contributed by atoms with Gasteiger partial charge in [-0.2, -0.15) is 0 Å². The molecule has 3 aromatic rings. The molecule has 0 spiro atoms. The quantitative estimate of drug-likeness (QED) is 0.517. The third-order valence-corrected chi connectivity index (χ3v) is 8.32. The van der Waals surface area contributed by atoms with Crippen molar-refractivity contribution >= 4 is 50.1 Å². The molecule has 1 aliphatic heterocycles. The van der Waals surface area contributed by atoms with Crippen molar-refractivity contribution in [2.24, 2.45) is 0 Å². The molecular weight excluding hydrogens is 464 g/mol. The summed E-state index contributed by atoms with van der Waals surface area (Å²) in [6.45, 7) is 7.24. The lowest BCUT2D eigenvalue weighted by molar-refractivity contribution is -0.138. The van der Waals surface area contributed by atoms with Gasteiger partial charge in [0, 0.05) is 35.3 Å². The van der Waals surface area contributed by atoms with Crippen LogP contribution in [0.3, 0.4) is 0 Å². The zero-order valence-electron chi connectivity index (χ0n) is 18.2. The second-order valence-corrected chi connectivity index (χ2v) is 10.4. The Morgan fingerprint density at radius 3 is 2.55 bits per heavy atom. The summed E-state index contributed by atoms with van der Waals surface area (Å²) in [5, 5.41) is 9.43. The van der Waals surface area contributed by atoms with E-state index in [9.17, 15) is 23.1 Å². The van der Waals surface area contributed by atoms with E-state index in [0.717, 1.165) is 15.2 Å². The number of hydrogen-bond acceptors (Lipinski definition) is 4. The lowest BCUT2D eigenvalue weighted by Gasteiger charge is -2.21. The van der Waals surface area contributed by atoms with Crippen molar-refractivity contribution < 1.29 is 23.1 Å². The third kappa shape index (κ3) is 3.83. The van der Waals surface area contributed by atoms with Crippen LogP contribution < -0.4 is 4.90 Å². The maximum Gasteiger partial charge on any atom is 0.312 e. The lowest BCUT2D eigenvalue weighted by Crippen LogP contribution is -2.26. The van der Waals surface area contributed by atoms with Gasteiger partial charge in [0.25, 0.3) is 0 Å². The number of rotatable bonds is 6. The number of aromatic nitrogens is 1. The van der Waals surface area contributed by atoms with Crippen molar-refractivity contribution in [2.75, 3.05) is 11.4 Å². The molecule has 2 unspecified atom stereocenters. The topological polar surface area (TPSA) is 96.7 Å². The highest BCUT2D eigenvalue weighted by molar-refractivity contribution is 7.90. The summed E-state index contributed by atoms with van der Waals surface area (Å²) in [5.41, 5.74) is 2.63. The highest BCUT2D eigenvalue weighted by Crippen LogP contribution is 2.37. The molecule has 2 heterocycles. The number of nitrogens with zero attached hydrogens (tertiary/aromatic N) is 2. The second-order valence-electron chi connectivity index (χ2n) is 8.11. The molecule has 172 valence electrons. The smallest absolute Gasteiger partial charge is 0.312 e. The Bertz CT molecular complexity index is 1410. The Labute approximate surface area is 196 Å². The SMILES string of the molecule is C=CC(c1ccc2c(c1)CCN2C(C)=O)S(=O)(=O)n1c(C(C)C(=O)O)cc2cc(Cl)ccc21. The first kappa shape index (κ1) is 23.1. The van der Waals surface area contributed by atoms with Crippen LogP contribution in [0.2, 0.25) is 5.02 Å². The molecule has 0 radical (unpaired) electrons. The number of aliphatic carboxylic acids is 1. The van der Waals surface area contributed by atoms with Crippen molar-refractivity contribution in [1.29, 1.82) is 0 Å². The van der Waals surface area contributed by atoms with Crippen molar-refractivity contribution in [3.8, 4) is 0 Å². The predicted octanol–water partition coefficient (Wildman–Crippen LogP) is 4.50. The van der Waals surface area contributed by atoms with Crippen LogP contribution in [0.1, 0.15) is 41.8 Å². The van der Waals surface area contributed by atoms with Gasteiger partial charge in [-0.15, -0.1) is 6.58 Å². The molecule has 0 saturated heterocycles. The van der Waals surface area contributed by atoms with Crippen molar-refractivity contribution in [2.45, 2.75) is 31.4 Å². The summed E-state index contributed by atoms with van der Waals surface area (Å²) in [6, 6.07) is 11.5. The number of benzene rings is 2. The number of halogens is 1. The van der Waals surface area contributed by atoms with Crippen LogP contribution in [0, 0.1) is 0 Å². The van der Waals surface area contributed by atoms with E-state index >= 15 is 0 Å². The van der Waals surface area contributed by atoms with Crippen LogP contribution in [0.4, 0.5) is 5.69 Å². The minimum Gasteiger partial charge on any atom is -0.481 e. The van der Waals surface area contributed by atoms with Gasteiger partial charge >= 0.3 is 5.97 Å². The van der Waals surface area contributed by atoms with E-state index in [2.05, 4.69) is 6.58 Å².